The molecule has 0 saturated carbocycles. The van der Waals surface area contributed by atoms with Gasteiger partial charge in [0.15, 0.2) is 0 Å². The van der Waals surface area contributed by atoms with E-state index in [1.54, 1.807) is 12.1 Å². The second kappa shape index (κ2) is 14.8. The molecule has 7 heteroatoms. The second-order valence-electron chi connectivity index (χ2n) is 11.4. The van der Waals surface area contributed by atoms with Crippen LogP contribution in [0.25, 0.3) is 33.4 Å². The van der Waals surface area contributed by atoms with Gasteiger partial charge in [-0.3, -0.25) is 0 Å². The SMILES string of the molecule is C=CCCc1ccc(-c2ccc(OC(F)(F)c3ccc(-c4ccc(-c5ccc(CCCCC)cc5)cc4F)cc3F)cc2F)cc1F. The maximum Gasteiger partial charge on any atom is 0.429 e. The highest BCUT2D eigenvalue weighted by Gasteiger charge is 2.38. The first kappa shape index (κ1) is 33.6. The lowest BCUT2D eigenvalue weighted by Crippen LogP contribution is -2.23. The molecule has 0 unspecified atom stereocenters. The van der Waals surface area contributed by atoms with Crippen molar-refractivity contribution < 1.29 is 31.1 Å². The highest BCUT2D eigenvalue weighted by atomic mass is 19.3. The minimum absolute atomic E-state index is 0.0159. The van der Waals surface area contributed by atoms with E-state index in [9.17, 15) is 8.78 Å². The van der Waals surface area contributed by atoms with Gasteiger partial charge in [-0.05, 0) is 95.5 Å². The molecule has 5 aromatic carbocycles. The lowest BCUT2D eigenvalue weighted by Gasteiger charge is -2.20. The Morgan fingerprint density at radius 3 is 1.83 bits per heavy atom. The van der Waals surface area contributed by atoms with Crippen molar-refractivity contribution >= 4 is 0 Å². The summed E-state index contributed by atoms with van der Waals surface area (Å²) in [5, 5.41) is 0. The number of halogens is 6. The van der Waals surface area contributed by atoms with Gasteiger partial charge in [-0.25, -0.2) is 17.6 Å². The molecule has 5 aromatic rings. The minimum Gasteiger partial charge on any atom is -0.429 e. The van der Waals surface area contributed by atoms with Gasteiger partial charge in [-0.1, -0.05) is 80.4 Å². The van der Waals surface area contributed by atoms with Crippen molar-refractivity contribution in [2.24, 2.45) is 0 Å². The van der Waals surface area contributed by atoms with Crippen molar-refractivity contribution in [3.63, 3.8) is 0 Å². The number of aryl methyl sites for hydroxylation is 2. The van der Waals surface area contributed by atoms with E-state index < -0.39 is 40.7 Å². The van der Waals surface area contributed by atoms with Crippen molar-refractivity contribution in [3.8, 4) is 39.1 Å². The van der Waals surface area contributed by atoms with Crippen LogP contribution in [0.3, 0.4) is 0 Å². The number of benzene rings is 5. The van der Waals surface area contributed by atoms with E-state index in [0.29, 0.717) is 24.0 Å². The van der Waals surface area contributed by atoms with E-state index in [1.165, 1.54) is 48.0 Å². The first-order valence-electron chi connectivity index (χ1n) is 15.5. The van der Waals surface area contributed by atoms with Crippen LogP contribution in [0, 0.1) is 23.3 Å². The van der Waals surface area contributed by atoms with Crippen LogP contribution in [0.1, 0.15) is 49.3 Å². The Kier molecular flexibility index (Phi) is 10.5. The van der Waals surface area contributed by atoms with Gasteiger partial charge in [-0.15, -0.1) is 6.58 Å². The summed E-state index contributed by atoms with van der Waals surface area (Å²) in [6.45, 7) is 5.76. The Balaban J connectivity index is 1.30. The molecule has 0 heterocycles. The van der Waals surface area contributed by atoms with Gasteiger partial charge in [0, 0.05) is 17.2 Å². The number of hydrogen-bond donors (Lipinski definition) is 0. The van der Waals surface area contributed by atoms with Crippen LogP contribution >= 0.6 is 0 Å². The molecule has 1 nitrogen and oxygen atoms in total. The van der Waals surface area contributed by atoms with E-state index in [2.05, 4.69) is 13.5 Å². The summed E-state index contributed by atoms with van der Waals surface area (Å²) in [5.41, 5.74) is 2.32. The third kappa shape index (κ3) is 7.97. The lowest BCUT2D eigenvalue weighted by atomic mass is 9.97. The molecule has 0 aliphatic rings. The first-order chi connectivity index (χ1) is 22.6. The molecule has 0 aromatic heterocycles. The summed E-state index contributed by atoms with van der Waals surface area (Å²) < 4.78 is 94.6. The molecule has 5 rings (SSSR count). The van der Waals surface area contributed by atoms with Gasteiger partial charge in [0.05, 0.1) is 5.56 Å². The fourth-order valence-electron chi connectivity index (χ4n) is 5.46. The monoisotopic (exact) mass is 644 g/mol. The zero-order chi connectivity index (χ0) is 33.6. The summed E-state index contributed by atoms with van der Waals surface area (Å²) in [6.07, 6.45) is 2.88. The molecule has 0 atom stereocenters. The average Bonchev–Trinajstić information content (AvgIpc) is 3.04. The fraction of sp³-hybridized carbons (Fsp3) is 0.200. The van der Waals surface area contributed by atoms with Crippen LogP contribution in [0.4, 0.5) is 26.3 Å². The highest BCUT2D eigenvalue weighted by Crippen LogP contribution is 2.37. The predicted octanol–water partition coefficient (Wildman–Crippen LogP) is 12.2. The molecule has 0 N–H and O–H groups in total. The van der Waals surface area contributed by atoms with Crippen LogP contribution in [0.15, 0.2) is 110 Å². The molecular formula is C40H34F6O. The van der Waals surface area contributed by atoms with E-state index >= 15 is 17.6 Å². The molecule has 0 bridgehead atoms. The largest absolute Gasteiger partial charge is 0.429 e. The van der Waals surface area contributed by atoms with Crippen LogP contribution in [0.5, 0.6) is 5.75 Å². The Morgan fingerprint density at radius 1 is 0.617 bits per heavy atom. The normalized spacial score (nSPS) is 11.5. The highest BCUT2D eigenvalue weighted by molar-refractivity contribution is 5.71. The van der Waals surface area contributed by atoms with Crippen molar-refractivity contribution in [1.82, 2.24) is 0 Å². The minimum atomic E-state index is -4.18. The van der Waals surface area contributed by atoms with Gasteiger partial charge < -0.3 is 4.74 Å². The third-order valence-electron chi connectivity index (χ3n) is 8.09. The van der Waals surface area contributed by atoms with Crippen LogP contribution in [-0.4, -0.2) is 0 Å². The number of unbranched alkanes of at least 4 members (excludes halogenated alkanes) is 2. The van der Waals surface area contributed by atoms with Crippen molar-refractivity contribution in [1.29, 1.82) is 0 Å². The third-order valence-corrected chi connectivity index (χ3v) is 8.09. The second-order valence-corrected chi connectivity index (χ2v) is 11.4. The summed E-state index contributed by atoms with van der Waals surface area (Å²) in [7, 11) is 0. The van der Waals surface area contributed by atoms with Crippen LogP contribution < -0.4 is 4.74 Å². The van der Waals surface area contributed by atoms with Crippen molar-refractivity contribution in [2.45, 2.75) is 51.6 Å². The Hall–Kier alpha value is -4.78. The molecule has 0 saturated heterocycles. The maximum absolute atomic E-state index is 15.2. The zero-order valence-corrected chi connectivity index (χ0v) is 25.9. The number of allylic oxidation sites excluding steroid dienone is 1. The average molecular weight is 645 g/mol. The Labute approximate surface area is 271 Å². The van der Waals surface area contributed by atoms with Crippen LogP contribution in [0.2, 0.25) is 0 Å². The molecular weight excluding hydrogens is 610 g/mol. The van der Waals surface area contributed by atoms with Crippen LogP contribution in [-0.2, 0) is 19.0 Å². The van der Waals surface area contributed by atoms with Gasteiger partial charge in [0.25, 0.3) is 0 Å². The summed E-state index contributed by atoms with van der Waals surface area (Å²) >= 11 is 0. The van der Waals surface area contributed by atoms with E-state index in [1.807, 2.05) is 24.3 Å². The number of rotatable bonds is 13. The van der Waals surface area contributed by atoms with Crippen molar-refractivity contribution in [2.75, 3.05) is 0 Å². The van der Waals surface area contributed by atoms with E-state index in [0.717, 1.165) is 55.5 Å². The molecule has 47 heavy (non-hydrogen) atoms. The smallest absolute Gasteiger partial charge is 0.429 e. The standard InChI is InChI=1S/C40H34F6O/c1-3-5-7-8-26-10-12-27(13-11-26)29-16-19-33(37(42)22-29)31-17-21-35(39(44)24-31)40(45,46)47-32-18-20-34(38(43)25-32)30-15-14-28(9-6-4-2)36(41)23-30/h4,10-25H,2-3,5-9H2,1H3. The summed E-state index contributed by atoms with van der Waals surface area (Å²) in [6, 6.07) is 22.4. The van der Waals surface area contributed by atoms with Gasteiger partial charge >= 0.3 is 6.11 Å². The number of alkyl halides is 2. The molecule has 0 aliphatic carbocycles. The Morgan fingerprint density at radius 2 is 1.21 bits per heavy atom. The van der Waals surface area contributed by atoms with Gasteiger partial charge in [0.2, 0.25) is 0 Å². The Bertz CT molecular complexity index is 1860. The molecule has 0 spiro atoms. The van der Waals surface area contributed by atoms with E-state index in [-0.39, 0.29) is 22.3 Å². The quantitative estimate of drug-likeness (QED) is 0.0704. The fourth-order valence-corrected chi connectivity index (χ4v) is 5.46. The number of ether oxygens (including phenoxy) is 1. The topological polar surface area (TPSA) is 9.23 Å². The zero-order valence-electron chi connectivity index (χ0n) is 25.9. The molecule has 0 radical (unpaired) electrons. The van der Waals surface area contributed by atoms with Gasteiger partial charge in [0.1, 0.15) is 29.0 Å². The molecule has 0 aliphatic heterocycles. The summed E-state index contributed by atoms with van der Waals surface area (Å²) in [4.78, 5) is 0. The van der Waals surface area contributed by atoms with Gasteiger partial charge in [-0.2, -0.15) is 8.78 Å². The van der Waals surface area contributed by atoms with Crippen molar-refractivity contribution in [3.05, 3.63) is 150 Å². The lowest BCUT2D eigenvalue weighted by molar-refractivity contribution is -0.187. The van der Waals surface area contributed by atoms with E-state index in [4.69, 9.17) is 4.74 Å². The predicted molar refractivity (Wildman–Crippen MR) is 175 cm³/mol. The maximum atomic E-state index is 15.2. The molecule has 0 fully saturated rings. The first-order valence-corrected chi connectivity index (χ1v) is 15.5. The molecule has 242 valence electrons. The number of hydrogen-bond acceptors (Lipinski definition) is 1. The summed E-state index contributed by atoms with van der Waals surface area (Å²) in [5.74, 6) is -3.95. The molecule has 0 amide bonds.